The number of nitrogens with zero attached hydrogens (tertiary/aromatic N) is 1. The summed E-state index contributed by atoms with van der Waals surface area (Å²) in [6.07, 6.45) is 0. The number of para-hydroxylation sites is 2. The summed E-state index contributed by atoms with van der Waals surface area (Å²) in [6, 6.07) is 23.1. The Morgan fingerprint density at radius 1 is 0.900 bits per heavy atom. The van der Waals surface area contributed by atoms with Crippen LogP contribution in [0.1, 0.15) is 10.4 Å². The van der Waals surface area contributed by atoms with Crippen molar-refractivity contribution in [2.75, 3.05) is 11.9 Å². The number of H-pyrrole nitrogens is 1. The number of nitrogens with one attached hydrogen (secondary N) is 3. The van der Waals surface area contributed by atoms with Gasteiger partial charge in [0.1, 0.15) is 6.04 Å². The Balaban J connectivity index is 1.42. The molecule has 4 N–H and O–H groups in total. The van der Waals surface area contributed by atoms with E-state index in [9.17, 15) is 14.7 Å². The number of anilines is 1. The number of amides is 2. The topological polar surface area (TPSA) is 107 Å². The second-order valence-corrected chi connectivity index (χ2v) is 6.74. The fraction of sp³-hybridized carbons (Fsp3) is 0.0870. The van der Waals surface area contributed by atoms with Crippen molar-refractivity contribution in [3.8, 4) is 11.1 Å². The molecule has 0 aliphatic carbocycles. The van der Waals surface area contributed by atoms with Crippen LogP contribution in [-0.2, 0) is 4.79 Å². The van der Waals surface area contributed by atoms with Gasteiger partial charge in [0.25, 0.3) is 11.8 Å². The molecule has 1 heterocycles. The van der Waals surface area contributed by atoms with Gasteiger partial charge < -0.3 is 15.4 Å². The van der Waals surface area contributed by atoms with Gasteiger partial charge in [0.05, 0.1) is 17.6 Å². The zero-order chi connectivity index (χ0) is 20.9. The van der Waals surface area contributed by atoms with Crippen LogP contribution in [0.5, 0.6) is 0 Å². The lowest BCUT2D eigenvalue weighted by atomic mass is 10.0. The fourth-order valence-corrected chi connectivity index (χ4v) is 3.10. The highest BCUT2D eigenvalue weighted by molar-refractivity contribution is 6.01. The van der Waals surface area contributed by atoms with Crippen molar-refractivity contribution in [3.05, 3.63) is 84.4 Å². The Hall–Kier alpha value is -3.97. The third-order valence-corrected chi connectivity index (χ3v) is 4.69. The Morgan fingerprint density at radius 3 is 2.27 bits per heavy atom. The highest BCUT2D eigenvalue weighted by Crippen LogP contribution is 2.19. The third-order valence-electron chi connectivity index (χ3n) is 4.69. The van der Waals surface area contributed by atoms with Gasteiger partial charge in [0.2, 0.25) is 5.95 Å². The lowest BCUT2D eigenvalue weighted by Crippen LogP contribution is -2.46. The van der Waals surface area contributed by atoms with Crippen molar-refractivity contribution in [1.29, 1.82) is 0 Å². The van der Waals surface area contributed by atoms with Crippen LogP contribution in [0.4, 0.5) is 5.95 Å². The maximum Gasteiger partial charge on any atom is 0.251 e. The molecule has 4 aromatic rings. The molecule has 0 aliphatic heterocycles. The first-order chi connectivity index (χ1) is 14.6. The maximum absolute atomic E-state index is 12.5. The maximum atomic E-state index is 12.5. The number of imidazole rings is 1. The predicted molar refractivity (Wildman–Crippen MR) is 115 cm³/mol. The summed E-state index contributed by atoms with van der Waals surface area (Å²) in [5.74, 6) is -0.764. The van der Waals surface area contributed by atoms with E-state index < -0.39 is 24.5 Å². The van der Waals surface area contributed by atoms with E-state index in [0.717, 1.165) is 16.6 Å². The molecule has 0 spiro atoms. The Labute approximate surface area is 172 Å². The minimum atomic E-state index is -1.11. The zero-order valence-corrected chi connectivity index (χ0v) is 16.0. The van der Waals surface area contributed by atoms with Crippen molar-refractivity contribution in [2.45, 2.75) is 6.04 Å². The van der Waals surface area contributed by atoms with Gasteiger partial charge in [-0.05, 0) is 35.4 Å². The first-order valence-electron chi connectivity index (χ1n) is 9.47. The Bertz CT molecular complexity index is 1140. The lowest BCUT2D eigenvalue weighted by Gasteiger charge is -2.15. The van der Waals surface area contributed by atoms with Gasteiger partial charge in [-0.25, -0.2) is 4.98 Å². The first kappa shape index (κ1) is 19.4. The molecule has 0 bridgehead atoms. The number of hydrogen-bond acceptors (Lipinski definition) is 4. The summed E-state index contributed by atoms with van der Waals surface area (Å²) >= 11 is 0. The van der Waals surface area contributed by atoms with E-state index in [-0.39, 0.29) is 5.95 Å². The van der Waals surface area contributed by atoms with Crippen LogP contribution >= 0.6 is 0 Å². The van der Waals surface area contributed by atoms with E-state index in [0.29, 0.717) is 11.1 Å². The van der Waals surface area contributed by atoms with E-state index in [1.54, 1.807) is 12.1 Å². The van der Waals surface area contributed by atoms with Gasteiger partial charge in [-0.15, -0.1) is 0 Å². The molecule has 7 nitrogen and oxygen atoms in total. The molecule has 0 fully saturated rings. The third kappa shape index (κ3) is 4.21. The monoisotopic (exact) mass is 400 g/mol. The second-order valence-electron chi connectivity index (χ2n) is 6.74. The van der Waals surface area contributed by atoms with Gasteiger partial charge in [0, 0.05) is 5.56 Å². The van der Waals surface area contributed by atoms with E-state index in [2.05, 4.69) is 20.6 Å². The van der Waals surface area contributed by atoms with E-state index in [4.69, 9.17) is 0 Å². The average molecular weight is 400 g/mol. The number of fused-ring (bicyclic) bond motifs is 1. The minimum absolute atomic E-state index is 0.251. The summed E-state index contributed by atoms with van der Waals surface area (Å²) in [4.78, 5) is 32.3. The number of hydrogen-bond donors (Lipinski definition) is 4. The molecular weight excluding hydrogens is 380 g/mol. The quantitative estimate of drug-likeness (QED) is 0.399. The van der Waals surface area contributed by atoms with Crippen LogP contribution in [-0.4, -0.2) is 39.5 Å². The van der Waals surface area contributed by atoms with Crippen molar-refractivity contribution < 1.29 is 14.7 Å². The Morgan fingerprint density at radius 2 is 1.57 bits per heavy atom. The SMILES string of the molecule is O=C(NC(CO)C(=O)Nc1nc2ccccc2[nH]1)c1ccc(-c2ccccc2)cc1. The van der Waals surface area contributed by atoms with Crippen molar-refractivity contribution in [2.24, 2.45) is 0 Å². The molecule has 1 aromatic heterocycles. The normalized spacial score (nSPS) is 11.8. The van der Waals surface area contributed by atoms with Crippen LogP contribution in [0.3, 0.4) is 0 Å². The van der Waals surface area contributed by atoms with Gasteiger partial charge in [-0.1, -0.05) is 54.6 Å². The largest absolute Gasteiger partial charge is 0.394 e. The molecule has 3 aromatic carbocycles. The number of aromatic nitrogens is 2. The van der Waals surface area contributed by atoms with Gasteiger partial charge in [-0.3, -0.25) is 14.9 Å². The molecule has 7 heteroatoms. The number of aliphatic hydroxyl groups excluding tert-OH is 1. The van der Waals surface area contributed by atoms with E-state index in [1.807, 2.05) is 66.7 Å². The van der Waals surface area contributed by atoms with Gasteiger partial charge >= 0.3 is 0 Å². The molecule has 30 heavy (non-hydrogen) atoms. The van der Waals surface area contributed by atoms with E-state index in [1.165, 1.54) is 0 Å². The van der Waals surface area contributed by atoms with Crippen LogP contribution in [0.15, 0.2) is 78.9 Å². The number of carbonyl (C=O) groups is 2. The summed E-state index contributed by atoms with van der Waals surface area (Å²) in [5.41, 5.74) is 3.90. The fourth-order valence-electron chi connectivity index (χ4n) is 3.10. The average Bonchev–Trinajstić information content (AvgIpc) is 3.20. The molecule has 0 saturated heterocycles. The van der Waals surface area contributed by atoms with E-state index >= 15 is 0 Å². The molecule has 0 radical (unpaired) electrons. The molecule has 0 aliphatic rings. The van der Waals surface area contributed by atoms with Crippen LogP contribution in [0.25, 0.3) is 22.2 Å². The molecule has 4 rings (SSSR count). The van der Waals surface area contributed by atoms with Crippen molar-refractivity contribution in [1.82, 2.24) is 15.3 Å². The summed E-state index contributed by atoms with van der Waals surface area (Å²) in [5, 5.41) is 14.7. The zero-order valence-electron chi connectivity index (χ0n) is 16.0. The number of aliphatic hydroxyl groups is 1. The highest BCUT2D eigenvalue weighted by Gasteiger charge is 2.21. The number of carbonyl (C=O) groups excluding carboxylic acids is 2. The molecule has 150 valence electrons. The standard InChI is InChI=1S/C23H20N4O3/c28-14-20(22(30)27-23-25-18-8-4-5-9-19(18)26-23)24-21(29)17-12-10-16(11-13-17)15-6-2-1-3-7-15/h1-13,20,28H,14H2,(H,24,29)(H2,25,26,27,30). The number of rotatable bonds is 6. The van der Waals surface area contributed by atoms with Gasteiger partial charge in [0.15, 0.2) is 0 Å². The lowest BCUT2D eigenvalue weighted by molar-refractivity contribution is -0.118. The molecule has 2 amide bonds. The molecular formula is C23H20N4O3. The van der Waals surface area contributed by atoms with Crippen molar-refractivity contribution in [3.63, 3.8) is 0 Å². The van der Waals surface area contributed by atoms with Crippen LogP contribution in [0.2, 0.25) is 0 Å². The first-order valence-corrected chi connectivity index (χ1v) is 9.47. The molecule has 1 atom stereocenters. The second kappa shape index (κ2) is 8.59. The van der Waals surface area contributed by atoms with Crippen molar-refractivity contribution >= 4 is 28.8 Å². The minimum Gasteiger partial charge on any atom is -0.394 e. The number of benzene rings is 3. The smallest absolute Gasteiger partial charge is 0.251 e. The summed E-state index contributed by atoms with van der Waals surface area (Å²) < 4.78 is 0. The molecule has 0 saturated carbocycles. The Kier molecular flexibility index (Phi) is 5.54. The summed E-state index contributed by atoms with van der Waals surface area (Å²) in [6.45, 7) is -0.542. The summed E-state index contributed by atoms with van der Waals surface area (Å²) in [7, 11) is 0. The van der Waals surface area contributed by atoms with Crippen LogP contribution < -0.4 is 10.6 Å². The predicted octanol–water partition coefficient (Wildman–Crippen LogP) is 2.96. The van der Waals surface area contributed by atoms with Crippen LogP contribution in [0, 0.1) is 0 Å². The molecule has 1 unspecified atom stereocenters. The number of aromatic amines is 1. The van der Waals surface area contributed by atoms with Gasteiger partial charge in [-0.2, -0.15) is 0 Å². The highest BCUT2D eigenvalue weighted by atomic mass is 16.3.